The molecule has 0 unspecified atom stereocenters. The SMILES string of the molecule is CC(=O)C(=Cc1cccc([N+](=O)[O-])c1)C(=O)NCC(=O)OC(C)(C)C. The van der Waals surface area contributed by atoms with Crippen molar-refractivity contribution >= 4 is 29.4 Å². The summed E-state index contributed by atoms with van der Waals surface area (Å²) in [6.45, 7) is 5.87. The number of amides is 1. The molecule has 1 N–H and O–H groups in total. The number of ketones is 1. The molecule has 0 spiro atoms. The lowest BCUT2D eigenvalue weighted by Crippen LogP contribution is -2.36. The van der Waals surface area contributed by atoms with Crippen molar-refractivity contribution in [3.63, 3.8) is 0 Å². The van der Waals surface area contributed by atoms with Crippen LogP contribution in [0.1, 0.15) is 33.3 Å². The number of carbonyl (C=O) groups is 3. The molecule has 0 aromatic heterocycles. The van der Waals surface area contributed by atoms with Gasteiger partial charge in [-0.05, 0) is 39.3 Å². The first-order chi connectivity index (χ1) is 11.5. The maximum Gasteiger partial charge on any atom is 0.325 e. The van der Waals surface area contributed by atoms with E-state index in [0.29, 0.717) is 5.56 Å². The summed E-state index contributed by atoms with van der Waals surface area (Å²) in [5.41, 5.74) is -0.744. The molecule has 1 amide bonds. The number of nitrogens with one attached hydrogen (secondary N) is 1. The molecule has 0 bridgehead atoms. The van der Waals surface area contributed by atoms with E-state index in [1.165, 1.54) is 37.3 Å². The first-order valence-electron chi connectivity index (χ1n) is 7.47. The minimum Gasteiger partial charge on any atom is -0.459 e. The van der Waals surface area contributed by atoms with Gasteiger partial charge in [0.2, 0.25) is 0 Å². The molecule has 0 aliphatic carbocycles. The van der Waals surface area contributed by atoms with E-state index in [0.717, 1.165) is 0 Å². The van der Waals surface area contributed by atoms with Gasteiger partial charge in [-0.3, -0.25) is 24.5 Å². The average Bonchev–Trinajstić information content (AvgIpc) is 2.48. The van der Waals surface area contributed by atoms with Crippen LogP contribution in [0.4, 0.5) is 5.69 Å². The number of non-ortho nitro benzene ring substituents is 1. The maximum absolute atomic E-state index is 12.1. The second kappa shape index (κ2) is 8.18. The fourth-order valence-corrected chi connectivity index (χ4v) is 1.85. The summed E-state index contributed by atoms with van der Waals surface area (Å²) >= 11 is 0. The zero-order valence-electron chi connectivity index (χ0n) is 14.5. The Morgan fingerprint density at radius 1 is 1.28 bits per heavy atom. The van der Waals surface area contributed by atoms with E-state index < -0.39 is 34.7 Å². The zero-order valence-corrected chi connectivity index (χ0v) is 14.5. The molecular formula is C17H20N2O6. The van der Waals surface area contributed by atoms with E-state index in [4.69, 9.17) is 4.74 Å². The van der Waals surface area contributed by atoms with Crippen LogP contribution in [-0.2, 0) is 19.1 Å². The van der Waals surface area contributed by atoms with Crippen LogP contribution in [0.5, 0.6) is 0 Å². The Labute approximate surface area is 145 Å². The Hall–Kier alpha value is -3.03. The number of nitro benzene ring substituents is 1. The van der Waals surface area contributed by atoms with Crippen molar-refractivity contribution in [2.45, 2.75) is 33.3 Å². The fourth-order valence-electron chi connectivity index (χ4n) is 1.85. The molecule has 1 aromatic rings. The van der Waals surface area contributed by atoms with Gasteiger partial charge in [-0.15, -0.1) is 0 Å². The topological polar surface area (TPSA) is 116 Å². The quantitative estimate of drug-likeness (QED) is 0.210. The summed E-state index contributed by atoms with van der Waals surface area (Å²) < 4.78 is 5.06. The molecular weight excluding hydrogens is 328 g/mol. The first-order valence-corrected chi connectivity index (χ1v) is 7.47. The summed E-state index contributed by atoms with van der Waals surface area (Å²) in [6, 6.07) is 5.51. The highest BCUT2D eigenvalue weighted by molar-refractivity contribution is 6.22. The highest BCUT2D eigenvalue weighted by Gasteiger charge is 2.19. The average molecular weight is 348 g/mol. The van der Waals surface area contributed by atoms with Crippen molar-refractivity contribution < 1.29 is 24.0 Å². The largest absolute Gasteiger partial charge is 0.459 e. The van der Waals surface area contributed by atoms with Crippen molar-refractivity contribution in [2.75, 3.05) is 6.54 Å². The molecule has 0 aliphatic heterocycles. The van der Waals surface area contributed by atoms with Gasteiger partial charge in [0.25, 0.3) is 11.6 Å². The van der Waals surface area contributed by atoms with Crippen LogP contribution in [0.15, 0.2) is 29.8 Å². The van der Waals surface area contributed by atoms with Gasteiger partial charge in [-0.1, -0.05) is 12.1 Å². The number of rotatable bonds is 6. The number of esters is 1. The molecule has 0 saturated heterocycles. The standard InChI is InChI=1S/C17H20N2O6/c1-11(20)14(9-12-6-5-7-13(8-12)19(23)24)16(22)18-10-15(21)25-17(2,3)4/h5-9H,10H2,1-4H3,(H,18,22). The van der Waals surface area contributed by atoms with Gasteiger partial charge in [0.05, 0.1) is 10.5 Å². The van der Waals surface area contributed by atoms with Crippen LogP contribution < -0.4 is 5.32 Å². The number of hydrogen-bond donors (Lipinski definition) is 1. The highest BCUT2D eigenvalue weighted by Crippen LogP contribution is 2.16. The van der Waals surface area contributed by atoms with Crippen LogP contribution in [0.25, 0.3) is 6.08 Å². The Kier molecular flexibility index (Phi) is 6.55. The lowest BCUT2D eigenvalue weighted by Gasteiger charge is -2.19. The number of Topliss-reactive ketones (excluding diaryl/α,β-unsaturated/α-hetero) is 1. The lowest BCUT2D eigenvalue weighted by atomic mass is 10.1. The van der Waals surface area contributed by atoms with Crippen LogP contribution in [-0.4, -0.2) is 34.7 Å². The van der Waals surface area contributed by atoms with E-state index in [1.807, 2.05) is 0 Å². The van der Waals surface area contributed by atoms with Gasteiger partial charge >= 0.3 is 5.97 Å². The number of carbonyl (C=O) groups excluding carboxylic acids is 3. The molecule has 0 aliphatic rings. The second-order valence-corrected chi connectivity index (χ2v) is 6.24. The molecule has 1 aromatic carbocycles. The summed E-state index contributed by atoms with van der Waals surface area (Å²) in [7, 11) is 0. The van der Waals surface area contributed by atoms with E-state index in [9.17, 15) is 24.5 Å². The molecule has 0 saturated carbocycles. The monoisotopic (exact) mass is 348 g/mol. The first kappa shape index (κ1) is 20.0. The van der Waals surface area contributed by atoms with E-state index >= 15 is 0 Å². The normalized spacial score (nSPS) is 11.6. The third-order valence-electron chi connectivity index (χ3n) is 2.83. The van der Waals surface area contributed by atoms with Crippen LogP contribution in [0, 0.1) is 10.1 Å². The van der Waals surface area contributed by atoms with Crippen molar-refractivity contribution in [3.8, 4) is 0 Å². The van der Waals surface area contributed by atoms with Gasteiger partial charge < -0.3 is 10.1 Å². The van der Waals surface area contributed by atoms with Crippen molar-refractivity contribution in [3.05, 3.63) is 45.5 Å². The van der Waals surface area contributed by atoms with Gasteiger partial charge in [0.1, 0.15) is 12.1 Å². The molecule has 1 rings (SSSR count). The minimum atomic E-state index is -0.759. The molecule has 0 fully saturated rings. The van der Waals surface area contributed by atoms with Gasteiger partial charge in [0.15, 0.2) is 5.78 Å². The molecule has 0 heterocycles. The summed E-state index contributed by atoms with van der Waals surface area (Å²) in [4.78, 5) is 45.7. The second-order valence-electron chi connectivity index (χ2n) is 6.24. The van der Waals surface area contributed by atoms with Crippen LogP contribution >= 0.6 is 0 Å². The Morgan fingerprint density at radius 2 is 1.92 bits per heavy atom. The Bertz CT molecular complexity index is 731. The molecule has 0 atom stereocenters. The zero-order chi connectivity index (χ0) is 19.2. The predicted molar refractivity (Wildman–Crippen MR) is 90.6 cm³/mol. The third-order valence-corrected chi connectivity index (χ3v) is 2.83. The van der Waals surface area contributed by atoms with Crippen LogP contribution in [0.2, 0.25) is 0 Å². The summed E-state index contributed by atoms with van der Waals surface area (Å²) in [5, 5.41) is 13.1. The lowest BCUT2D eigenvalue weighted by molar-refractivity contribution is -0.384. The van der Waals surface area contributed by atoms with Crippen molar-refractivity contribution in [1.29, 1.82) is 0 Å². The van der Waals surface area contributed by atoms with E-state index in [-0.39, 0.29) is 11.3 Å². The van der Waals surface area contributed by atoms with Crippen LogP contribution in [0.3, 0.4) is 0 Å². The maximum atomic E-state index is 12.1. The highest BCUT2D eigenvalue weighted by atomic mass is 16.6. The molecule has 8 nitrogen and oxygen atoms in total. The number of ether oxygens (including phenoxy) is 1. The van der Waals surface area contributed by atoms with Gasteiger partial charge in [-0.25, -0.2) is 0 Å². The van der Waals surface area contributed by atoms with Gasteiger partial charge in [0, 0.05) is 12.1 Å². The number of nitrogens with zero attached hydrogens (tertiary/aromatic N) is 1. The molecule has 8 heteroatoms. The number of benzene rings is 1. The molecule has 25 heavy (non-hydrogen) atoms. The smallest absolute Gasteiger partial charge is 0.325 e. The van der Waals surface area contributed by atoms with E-state index in [1.54, 1.807) is 20.8 Å². The Morgan fingerprint density at radius 3 is 2.44 bits per heavy atom. The minimum absolute atomic E-state index is 0.161. The van der Waals surface area contributed by atoms with Gasteiger partial charge in [-0.2, -0.15) is 0 Å². The molecule has 0 radical (unpaired) electrons. The van der Waals surface area contributed by atoms with Crippen molar-refractivity contribution in [1.82, 2.24) is 5.32 Å². The molecule has 134 valence electrons. The summed E-state index contributed by atoms with van der Waals surface area (Å²) in [6.07, 6.45) is 1.24. The fraction of sp³-hybridized carbons (Fsp3) is 0.353. The number of hydrogen-bond acceptors (Lipinski definition) is 6. The van der Waals surface area contributed by atoms with Crippen molar-refractivity contribution in [2.24, 2.45) is 0 Å². The Balaban J connectivity index is 2.91. The van der Waals surface area contributed by atoms with E-state index in [2.05, 4.69) is 5.32 Å². The third kappa shape index (κ3) is 6.94. The summed E-state index contributed by atoms with van der Waals surface area (Å²) in [5.74, 6) is -1.93. The predicted octanol–water partition coefficient (Wildman–Crippen LogP) is 2.03. The number of nitro groups is 1.